The lowest BCUT2D eigenvalue weighted by molar-refractivity contribution is 0.0684. The van der Waals surface area contributed by atoms with Gasteiger partial charge in [0.1, 0.15) is 0 Å². The highest BCUT2D eigenvalue weighted by Crippen LogP contribution is 2.38. The molecule has 8 nitrogen and oxygen atoms in total. The molecule has 0 aliphatic carbocycles. The summed E-state index contributed by atoms with van der Waals surface area (Å²) in [5, 5.41) is 25.4. The van der Waals surface area contributed by atoms with Crippen LogP contribution in [-0.2, 0) is 0 Å². The van der Waals surface area contributed by atoms with Gasteiger partial charge in [-0.1, -0.05) is 42.0 Å². The normalized spacial score (nSPS) is 10.7. The van der Waals surface area contributed by atoms with Crippen LogP contribution in [0.5, 0.6) is 0 Å². The maximum Gasteiger partial charge on any atom is 0.336 e. The number of carboxylic acids is 2. The summed E-state index contributed by atoms with van der Waals surface area (Å²) in [4.78, 5) is 51.8. The fraction of sp³-hybridized carbons (Fsp3) is 0.133. The van der Waals surface area contributed by atoms with Crippen LogP contribution in [-0.4, -0.2) is 40.5 Å². The molecular formula is C30H26N2O6. The number of anilines is 1. The zero-order chi connectivity index (χ0) is 27.6. The predicted molar refractivity (Wildman–Crippen MR) is 145 cm³/mol. The average molecular weight is 511 g/mol. The Balaban J connectivity index is 2.18. The van der Waals surface area contributed by atoms with Crippen LogP contribution in [0, 0.1) is 13.8 Å². The minimum Gasteiger partial charge on any atom is -0.478 e. The van der Waals surface area contributed by atoms with Crippen molar-refractivity contribution in [1.29, 1.82) is 0 Å². The smallest absolute Gasteiger partial charge is 0.336 e. The van der Waals surface area contributed by atoms with Crippen molar-refractivity contribution >= 4 is 40.2 Å². The van der Waals surface area contributed by atoms with Gasteiger partial charge in [0, 0.05) is 28.6 Å². The van der Waals surface area contributed by atoms with Crippen LogP contribution in [0.25, 0.3) is 21.9 Å². The summed E-state index contributed by atoms with van der Waals surface area (Å²) in [6.07, 6.45) is 0. The van der Waals surface area contributed by atoms with Crippen molar-refractivity contribution in [2.75, 3.05) is 11.9 Å². The minimum absolute atomic E-state index is 0.0106. The number of fused-ring (bicyclic) bond motifs is 1. The monoisotopic (exact) mass is 510 g/mol. The van der Waals surface area contributed by atoms with Crippen molar-refractivity contribution in [3.63, 3.8) is 0 Å². The van der Waals surface area contributed by atoms with E-state index < -0.39 is 23.8 Å². The summed E-state index contributed by atoms with van der Waals surface area (Å²) < 4.78 is 0. The Bertz CT molecular complexity index is 1610. The highest BCUT2D eigenvalue weighted by molar-refractivity contribution is 6.27. The van der Waals surface area contributed by atoms with E-state index in [1.807, 2.05) is 38.1 Å². The lowest BCUT2D eigenvalue weighted by Gasteiger charge is -2.20. The lowest BCUT2D eigenvalue weighted by atomic mass is 9.84. The third kappa shape index (κ3) is 4.84. The number of amides is 2. The molecule has 0 bridgehead atoms. The van der Waals surface area contributed by atoms with Crippen molar-refractivity contribution in [2.24, 2.45) is 0 Å². The molecule has 0 aliphatic rings. The van der Waals surface area contributed by atoms with Gasteiger partial charge in [0.05, 0.1) is 16.7 Å². The van der Waals surface area contributed by atoms with Gasteiger partial charge in [-0.15, -0.1) is 0 Å². The van der Waals surface area contributed by atoms with E-state index in [-0.39, 0.29) is 39.6 Å². The van der Waals surface area contributed by atoms with Crippen LogP contribution in [0.4, 0.5) is 5.69 Å². The molecule has 0 unspecified atom stereocenters. The van der Waals surface area contributed by atoms with Crippen LogP contribution in [0.3, 0.4) is 0 Å². The van der Waals surface area contributed by atoms with E-state index in [2.05, 4.69) is 10.6 Å². The van der Waals surface area contributed by atoms with E-state index >= 15 is 0 Å². The number of hydrogen-bond donors (Lipinski definition) is 4. The molecule has 4 aromatic carbocycles. The van der Waals surface area contributed by atoms with Gasteiger partial charge in [-0.3, -0.25) is 9.59 Å². The standard InChI is InChI=1S/C30H26N2O6/c1-4-31-28(34)26-22(19-8-6-5-7-17(19)3)15-23(27(33)32-18-11-9-16(2)10-12-18)24-20(29(35)36)13-14-21(25(24)26)30(37)38/h5-15H,4H2,1-3H3,(H,31,34)(H,32,33)(H,35,36)(H,37,38). The summed E-state index contributed by atoms with van der Waals surface area (Å²) in [5.74, 6) is -3.93. The first-order valence-corrected chi connectivity index (χ1v) is 12.0. The number of rotatable bonds is 7. The van der Waals surface area contributed by atoms with E-state index in [1.54, 1.807) is 31.2 Å². The fourth-order valence-corrected chi connectivity index (χ4v) is 4.51. The number of benzene rings is 4. The third-order valence-electron chi connectivity index (χ3n) is 6.30. The molecule has 4 N–H and O–H groups in total. The summed E-state index contributed by atoms with van der Waals surface area (Å²) in [6.45, 7) is 5.71. The summed E-state index contributed by atoms with van der Waals surface area (Å²) in [5.41, 5.74) is 2.53. The second kappa shape index (κ2) is 10.6. The Kier molecular flexibility index (Phi) is 7.25. The topological polar surface area (TPSA) is 133 Å². The molecule has 0 aromatic heterocycles. The molecule has 0 aliphatic heterocycles. The van der Waals surface area contributed by atoms with Gasteiger partial charge >= 0.3 is 11.9 Å². The highest BCUT2D eigenvalue weighted by Gasteiger charge is 2.29. The molecule has 4 rings (SSSR count). The maximum atomic E-state index is 13.7. The maximum absolute atomic E-state index is 13.7. The van der Waals surface area contributed by atoms with Gasteiger partial charge in [-0.2, -0.15) is 0 Å². The van der Waals surface area contributed by atoms with Crippen molar-refractivity contribution in [1.82, 2.24) is 5.32 Å². The fourth-order valence-electron chi connectivity index (χ4n) is 4.51. The van der Waals surface area contributed by atoms with Crippen LogP contribution in [0.2, 0.25) is 0 Å². The van der Waals surface area contributed by atoms with Crippen molar-refractivity contribution < 1.29 is 29.4 Å². The third-order valence-corrected chi connectivity index (χ3v) is 6.30. The van der Waals surface area contributed by atoms with E-state index in [9.17, 15) is 29.4 Å². The summed E-state index contributed by atoms with van der Waals surface area (Å²) in [6, 6.07) is 18.0. The largest absolute Gasteiger partial charge is 0.478 e. The molecule has 192 valence electrons. The first-order chi connectivity index (χ1) is 18.1. The summed E-state index contributed by atoms with van der Waals surface area (Å²) in [7, 11) is 0. The Hall–Kier alpha value is -4.98. The van der Waals surface area contributed by atoms with Crippen molar-refractivity contribution in [2.45, 2.75) is 20.8 Å². The summed E-state index contributed by atoms with van der Waals surface area (Å²) >= 11 is 0. The van der Waals surface area contributed by atoms with Crippen molar-refractivity contribution in [3.8, 4) is 11.1 Å². The van der Waals surface area contributed by atoms with E-state index in [4.69, 9.17) is 0 Å². The highest BCUT2D eigenvalue weighted by atomic mass is 16.4. The second-order valence-corrected chi connectivity index (χ2v) is 8.86. The molecule has 0 radical (unpaired) electrons. The molecule has 0 heterocycles. The Morgan fingerprint density at radius 1 is 0.711 bits per heavy atom. The molecule has 0 saturated carbocycles. The number of nitrogens with one attached hydrogen (secondary N) is 2. The van der Waals surface area contributed by atoms with Gasteiger partial charge in [0.2, 0.25) is 0 Å². The molecule has 0 spiro atoms. The molecular weight excluding hydrogens is 484 g/mol. The zero-order valence-electron chi connectivity index (χ0n) is 21.1. The quantitative estimate of drug-likeness (QED) is 0.259. The van der Waals surface area contributed by atoms with Crippen LogP contribution in [0.1, 0.15) is 59.5 Å². The molecule has 38 heavy (non-hydrogen) atoms. The first-order valence-electron chi connectivity index (χ1n) is 12.0. The zero-order valence-corrected chi connectivity index (χ0v) is 21.1. The number of carbonyl (C=O) groups is 4. The molecule has 0 saturated heterocycles. The predicted octanol–water partition coefficient (Wildman–Crippen LogP) is 5.52. The van der Waals surface area contributed by atoms with Gasteiger partial charge in [0.15, 0.2) is 0 Å². The number of hydrogen-bond acceptors (Lipinski definition) is 4. The first kappa shape index (κ1) is 26.1. The SMILES string of the molecule is CCNC(=O)c1c(-c2ccccc2C)cc(C(=O)Nc2ccc(C)cc2)c2c(C(=O)O)ccc(C(=O)O)c12. The molecule has 4 aromatic rings. The van der Waals surface area contributed by atoms with Crippen LogP contribution >= 0.6 is 0 Å². The van der Waals surface area contributed by atoms with Crippen LogP contribution in [0.15, 0.2) is 66.7 Å². The lowest BCUT2D eigenvalue weighted by Crippen LogP contribution is -2.25. The Morgan fingerprint density at radius 2 is 1.32 bits per heavy atom. The minimum atomic E-state index is -1.36. The average Bonchev–Trinajstić information content (AvgIpc) is 2.88. The molecule has 8 heteroatoms. The number of carbonyl (C=O) groups excluding carboxylic acids is 2. The van der Waals surface area contributed by atoms with Gasteiger partial charge in [-0.25, -0.2) is 9.59 Å². The van der Waals surface area contributed by atoms with Crippen LogP contribution < -0.4 is 10.6 Å². The second-order valence-electron chi connectivity index (χ2n) is 8.86. The van der Waals surface area contributed by atoms with Gasteiger partial charge in [0.25, 0.3) is 11.8 Å². The molecule has 2 amide bonds. The van der Waals surface area contributed by atoms with Crippen molar-refractivity contribution in [3.05, 3.63) is 100 Å². The Morgan fingerprint density at radius 3 is 1.89 bits per heavy atom. The van der Waals surface area contributed by atoms with E-state index in [0.29, 0.717) is 16.8 Å². The number of aryl methyl sites for hydroxylation is 2. The van der Waals surface area contributed by atoms with E-state index in [1.165, 1.54) is 6.07 Å². The molecule has 0 fully saturated rings. The van der Waals surface area contributed by atoms with Gasteiger partial charge in [-0.05, 0) is 67.8 Å². The van der Waals surface area contributed by atoms with E-state index in [0.717, 1.165) is 23.3 Å². The molecule has 0 atom stereocenters. The van der Waals surface area contributed by atoms with Gasteiger partial charge < -0.3 is 20.8 Å². The number of carboxylic acid groups (broad SMARTS) is 2. The number of aromatic carboxylic acids is 2. The Labute approximate surface area is 218 Å².